The molecule has 2 atom stereocenters. The Bertz CT molecular complexity index is 285. The summed E-state index contributed by atoms with van der Waals surface area (Å²) in [5.41, 5.74) is -0.182. The van der Waals surface area contributed by atoms with Crippen molar-refractivity contribution in [2.24, 2.45) is 11.3 Å². The van der Waals surface area contributed by atoms with Gasteiger partial charge < -0.3 is 15.3 Å². The van der Waals surface area contributed by atoms with Crippen LogP contribution in [0.3, 0.4) is 0 Å². The van der Waals surface area contributed by atoms with Gasteiger partial charge in [-0.15, -0.1) is 0 Å². The number of hydrogen-bond donors (Lipinski definition) is 2. The Kier molecular flexibility index (Phi) is 3.73. The summed E-state index contributed by atoms with van der Waals surface area (Å²) in [5.74, 6) is 0.561. The lowest BCUT2D eigenvalue weighted by Gasteiger charge is -2.36. The second-order valence-corrected chi connectivity index (χ2v) is 5.85. The van der Waals surface area contributed by atoms with Crippen LogP contribution in [0.15, 0.2) is 0 Å². The summed E-state index contributed by atoms with van der Waals surface area (Å²) in [6, 6.07) is 0. The van der Waals surface area contributed by atoms with E-state index in [0.717, 1.165) is 45.4 Å². The molecule has 0 aliphatic carbocycles. The van der Waals surface area contributed by atoms with Gasteiger partial charge in [0.05, 0.1) is 6.10 Å². The van der Waals surface area contributed by atoms with E-state index in [0.29, 0.717) is 5.91 Å². The van der Waals surface area contributed by atoms with Crippen LogP contribution >= 0.6 is 0 Å². The number of carbonyl (C=O) groups excluding carboxylic acids is 1. The number of nitrogens with zero attached hydrogens (tertiary/aromatic N) is 1. The molecule has 1 amide bonds. The summed E-state index contributed by atoms with van der Waals surface area (Å²) in [6.45, 7) is 7.35. The zero-order chi connectivity index (χ0) is 12.5. The molecule has 0 radical (unpaired) electrons. The monoisotopic (exact) mass is 240 g/mol. The summed E-state index contributed by atoms with van der Waals surface area (Å²) in [4.78, 5) is 14.5. The number of piperidine rings is 1. The standard InChI is InChI=1S/C13H24N2O2/c1-10(16)11-3-8-15(9-11)12(17)13(2)4-6-14-7-5-13/h10-11,14,16H,3-9H2,1-2H3. The molecule has 2 aliphatic rings. The van der Waals surface area contributed by atoms with E-state index in [2.05, 4.69) is 12.2 Å². The van der Waals surface area contributed by atoms with Crippen LogP contribution in [0.25, 0.3) is 0 Å². The van der Waals surface area contributed by atoms with E-state index in [1.54, 1.807) is 0 Å². The quantitative estimate of drug-likeness (QED) is 0.743. The molecule has 2 unspecified atom stereocenters. The summed E-state index contributed by atoms with van der Waals surface area (Å²) in [5, 5.41) is 12.9. The Balaban J connectivity index is 1.96. The van der Waals surface area contributed by atoms with Gasteiger partial charge in [0.1, 0.15) is 0 Å². The third-order valence-corrected chi connectivity index (χ3v) is 4.42. The molecule has 4 nitrogen and oxygen atoms in total. The Labute approximate surface area is 103 Å². The lowest BCUT2D eigenvalue weighted by molar-refractivity contribution is -0.141. The van der Waals surface area contributed by atoms with Crippen molar-refractivity contribution >= 4 is 5.91 Å². The van der Waals surface area contributed by atoms with Gasteiger partial charge in [-0.05, 0) is 39.3 Å². The zero-order valence-corrected chi connectivity index (χ0v) is 10.9. The SMILES string of the molecule is CC(O)C1CCN(C(=O)C2(C)CCNCC2)C1. The van der Waals surface area contributed by atoms with Gasteiger partial charge in [-0.3, -0.25) is 4.79 Å². The van der Waals surface area contributed by atoms with E-state index in [4.69, 9.17) is 0 Å². The minimum atomic E-state index is -0.298. The molecule has 0 aromatic carbocycles. The van der Waals surface area contributed by atoms with Crippen LogP contribution in [0.2, 0.25) is 0 Å². The molecule has 0 spiro atoms. The van der Waals surface area contributed by atoms with Crippen LogP contribution in [-0.2, 0) is 4.79 Å². The predicted molar refractivity (Wildman–Crippen MR) is 66.6 cm³/mol. The molecule has 0 aromatic rings. The summed E-state index contributed by atoms with van der Waals surface area (Å²) >= 11 is 0. The second-order valence-electron chi connectivity index (χ2n) is 5.85. The lowest BCUT2D eigenvalue weighted by atomic mass is 9.79. The van der Waals surface area contributed by atoms with Gasteiger partial charge in [0.15, 0.2) is 0 Å². The fourth-order valence-corrected chi connectivity index (χ4v) is 2.94. The Morgan fingerprint density at radius 1 is 1.47 bits per heavy atom. The maximum Gasteiger partial charge on any atom is 0.228 e. The number of aliphatic hydroxyl groups is 1. The van der Waals surface area contributed by atoms with E-state index in [1.807, 2.05) is 11.8 Å². The van der Waals surface area contributed by atoms with Crippen LogP contribution in [-0.4, -0.2) is 48.2 Å². The van der Waals surface area contributed by atoms with Crippen molar-refractivity contribution in [3.63, 3.8) is 0 Å². The van der Waals surface area contributed by atoms with Crippen molar-refractivity contribution in [2.75, 3.05) is 26.2 Å². The molecule has 2 aliphatic heterocycles. The van der Waals surface area contributed by atoms with Gasteiger partial charge in [0.25, 0.3) is 0 Å². The molecule has 2 rings (SSSR count). The number of likely N-dealkylation sites (tertiary alicyclic amines) is 1. The number of carbonyl (C=O) groups is 1. The predicted octanol–water partition coefficient (Wildman–Crippen LogP) is 0.605. The van der Waals surface area contributed by atoms with Crippen molar-refractivity contribution < 1.29 is 9.90 Å². The first-order chi connectivity index (χ1) is 8.03. The minimum Gasteiger partial charge on any atom is -0.393 e. The van der Waals surface area contributed by atoms with E-state index in [1.165, 1.54) is 0 Å². The third-order valence-electron chi connectivity index (χ3n) is 4.42. The largest absolute Gasteiger partial charge is 0.393 e. The number of amides is 1. The van der Waals surface area contributed by atoms with E-state index < -0.39 is 0 Å². The van der Waals surface area contributed by atoms with Gasteiger partial charge in [-0.2, -0.15) is 0 Å². The highest BCUT2D eigenvalue weighted by atomic mass is 16.3. The van der Waals surface area contributed by atoms with Gasteiger partial charge in [0.2, 0.25) is 5.91 Å². The van der Waals surface area contributed by atoms with E-state index >= 15 is 0 Å². The van der Waals surface area contributed by atoms with Crippen LogP contribution < -0.4 is 5.32 Å². The molecule has 2 fully saturated rings. The fraction of sp³-hybridized carbons (Fsp3) is 0.923. The topological polar surface area (TPSA) is 52.6 Å². The molecule has 2 heterocycles. The summed E-state index contributed by atoms with van der Waals surface area (Å²) in [7, 11) is 0. The number of aliphatic hydroxyl groups excluding tert-OH is 1. The molecule has 0 aromatic heterocycles. The third kappa shape index (κ3) is 2.63. The van der Waals surface area contributed by atoms with Crippen LogP contribution in [0.1, 0.15) is 33.1 Å². The molecule has 2 saturated heterocycles. The molecular formula is C13H24N2O2. The first-order valence-electron chi connectivity index (χ1n) is 6.71. The maximum atomic E-state index is 12.5. The average molecular weight is 240 g/mol. The highest BCUT2D eigenvalue weighted by Crippen LogP contribution is 2.33. The van der Waals surface area contributed by atoms with E-state index in [-0.39, 0.29) is 17.4 Å². The number of hydrogen-bond acceptors (Lipinski definition) is 3. The first-order valence-corrected chi connectivity index (χ1v) is 6.71. The van der Waals surface area contributed by atoms with Crippen molar-refractivity contribution in [1.82, 2.24) is 10.2 Å². The summed E-state index contributed by atoms with van der Waals surface area (Å²) < 4.78 is 0. The molecule has 4 heteroatoms. The fourth-order valence-electron chi connectivity index (χ4n) is 2.94. The zero-order valence-electron chi connectivity index (χ0n) is 10.9. The molecular weight excluding hydrogens is 216 g/mol. The minimum absolute atomic E-state index is 0.182. The summed E-state index contributed by atoms with van der Waals surface area (Å²) in [6.07, 6.45) is 2.51. The maximum absolute atomic E-state index is 12.5. The number of rotatable bonds is 2. The van der Waals surface area contributed by atoms with Crippen LogP contribution in [0.4, 0.5) is 0 Å². The van der Waals surface area contributed by atoms with Crippen molar-refractivity contribution in [3.8, 4) is 0 Å². The molecule has 0 bridgehead atoms. The Morgan fingerprint density at radius 3 is 2.65 bits per heavy atom. The van der Waals surface area contributed by atoms with Gasteiger partial charge in [-0.25, -0.2) is 0 Å². The Hall–Kier alpha value is -0.610. The number of nitrogens with one attached hydrogen (secondary N) is 1. The van der Waals surface area contributed by atoms with Gasteiger partial charge in [-0.1, -0.05) is 6.92 Å². The Morgan fingerprint density at radius 2 is 2.12 bits per heavy atom. The van der Waals surface area contributed by atoms with Gasteiger partial charge >= 0.3 is 0 Å². The highest BCUT2D eigenvalue weighted by Gasteiger charge is 2.40. The van der Waals surface area contributed by atoms with Crippen molar-refractivity contribution in [1.29, 1.82) is 0 Å². The molecule has 2 N–H and O–H groups in total. The lowest BCUT2D eigenvalue weighted by Crippen LogP contribution is -2.47. The van der Waals surface area contributed by atoms with Crippen LogP contribution in [0, 0.1) is 11.3 Å². The second kappa shape index (κ2) is 4.94. The smallest absolute Gasteiger partial charge is 0.228 e. The van der Waals surface area contributed by atoms with Crippen molar-refractivity contribution in [2.45, 2.75) is 39.2 Å². The molecule has 98 valence electrons. The van der Waals surface area contributed by atoms with Gasteiger partial charge in [0, 0.05) is 24.4 Å². The highest BCUT2D eigenvalue weighted by molar-refractivity contribution is 5.82. The first kappa shape index (κ1) is 12.8. The average Bonchev–Trinajstić information content (AvgIpc) is 2.78. The van der Waals surface area contributed by atoms with Crippen LogP contribution in [0.5, 0.6) is 0 Å². The van der Waals surface area contributed by atoms with E-state index in [9.17, 15) is 9.90 Å². The molecule has 0 saturated carbocycles. The molecule has 17 heavy (non-hydrogen) atoms. The van der Waals surface area contributed by atoms with Crippen molar-refractivity contribution in [3.05, 3.63) is 0 Å². The normalized spacial score (nSPS) is 30.3.